The van der Waals surface area contributed by atoms with Crippen LogP contribution in [0.2, 0.25) is 0 Å². The first-order valence-electron chi connectivity index (χ1n) is 9.21. The maximum Gasteiger partial charge on any atom is 0.260 e. The lowest BCUT2D eigenvalue weighted by Crippen LogP contribution is -2.36. The van der Waals surface area contributed by atoms with Crippen LogP contribution in [0, 0.1) is 13.8 Å². The molecule has 0 saturated carbocycles. The normalized spacial score (nSPS) is 11.5. The smallest absolute Gasteiger partial charge is 0.260 e. The molecule has 0 unspecified atom stereocenters. The molecule has 2 aromatic carbocycles. The number of amides is 1. The topological polar surface area (TPSA) is 70.6 Å². The van der Waals surface area contributed by atoms with E-state index in [1.54, 1.807) is 17.0 Å². The van der Waals surface area contributed by atoms with E-state index < -0.39 is 9.84 Å². The van der Waals surface area contributed by atoms with Crippen LogP contribution in [0.1, 0.15) is 21.5 Å². The molecule has 0 spiro atoms. The summed E-state index contributed by atoms with van der Waals surface area (Å²) in [6, 6.07) is 10.2. The van der Waals surface area contributed by atoms with Crippen molar-refractivity contribution >= 4 is 54.8 Å². The highest BCUT2D eigenvalue weighted by Crippen LogP contribution is 2.33. The largest absolute Gasteiger partial charge is 0.308 e. The van der Waals surface area contributed by atoms with Gasteiger partial charge in [0, 0.05) is 24.9 Å². The fourth-order valence-electron chi connectivity index (χ4n) is 2.95. The minimum atomic E-state index is -3.31. The Labute approximate surface area is 187 Å². The molecule has 0 radical (unpaired) electrons. The average Bonchev–Trinajstić information content (AvgIpc) is 3.10. The van der Waals surface area contributed by atoms with Gasteiger partial charge in [-0.2, -0.15) is 0 Å². The highest BCUT2D eigenvalue weighted by molar-refractivity contribution is 7.90. The first-order chi connectivity index (χ1) is 13.6. The first-order valence-corrected chi connectivity index (χ1v) is 11.9. The molecular weight excluding hydrogens is 442 g/mol. The molecule has 9 heteroatoms. The Morgan fingerprint density at radius 2 is 1.60 bits per heavy atom. The summed E-state index contributed by atoms with van der Waals surface area (Å²) >= 11 is 1.51. The van der Waals surface area contributed by atoms with Gasteiger partial charge in [0.15, 0.2) is 15.0 Å². The number of thiazole rings is 1. The van der Waals surface area contributed by atoms with Crippen molar-refractivity contribution in [1.29, 1.82) is 0 Å². The molecule has 1 amide bonds. The number of sulfone groups is 1. The van der Waals surface area contributed by atoms with Crippen LogP contribution in [0.25, 0.3) is 10.2 Å². The number of hydrogen-bond acceptors (Lipinski definition) is 6. The lowest BCUT2D eigenvalue weighted by atomic mass is 10.1. The van der Waals surface area contributed by atoms with E-state index in [-0.39, 0.29) is 23.2 Å². The SMILES string of the molecule is Cc1ccc(C)c2sc(N(CCN(C)C)C(=O)c3ccc(S(C)(=O)=O)cc3)nc12.Cl. The van der Waals surface area contributed by atoms with Crippen molar-refractivity contribution in [3.8, 4) is 0 Å². The van der Waals surface area contributed by atoms with Gasteiger partial charge in [-0.15, -0.1) is 12.4 Å². The lowest BCUT2D eigenvalue weighted by molar-refractivity contribution is 0.0985. The van der Waals surface area contributed by atoms with Crippen LogP contribution in [0.4, 0.5) is 5.13 Å². The summed E-state index contributed by atoms with van der Waals surface area (Å²) < 4.78 is 24.5. The van der Waals surface area contributed by atoms with Crippen LogP contribution >= 0.6 is 23.7 Å². The summed E-state index contributed by atoms with van der Waals surface area (Å²) in [6.07, 6.45) is 1.15. The first kappa shape index (κ1) is 24.3. The molecular formula is C21H26ClN3O3S2. The molecule has 0 aliphatic rings. The summed E-state index contributed by atoms with van der Waals surface area (Å²) in [5, 5.41) is 0.649. The Kier molecular flexibility index (Phi) is 7.63. The lowest BCUT2D eigenvalue weighted by Gasteiger charge is -2.22. The zero-order valence-corrected chi connectivity index (χ0v) is 20.1. The van der Waals surface area contributed by atoms with E-state index in [0.29, 0.717) is 23.8 Å². The van der Waals surface area contributed by atoms with Crippen molar-refractivity contribution < 1.29 is 13.2 Å². The van der Waals surface area contributed by atoms with Crippen molar-refractivity contribution in [2.75, 3.05) is 38.3 Å². The second-order valence-electron chi connectivity index (χ2n) is 7.43. The fourth-order valence-corrected chi connectivity index (χ4v) is 4.71. The number of halogens is 1. The summed E-state index contributed by atoms with van der Waals surface area (Å²) in [5.74, 6) is -0.193. The molecule has 0 atom stereocenters. The molecule has 0 aliphatic heterocycles. The summed E-state index contributed by atoms with van der Waals surface area (Å²) in [6.45, 7) is 5.22. The van der Waals surface area contributed by atoms with Gasteiger partial charge >= 0.3 is 0 Å². The van der Waals surface area contributed by atoms with E-state index in [1.807, 2.05) is 38.9 Å². The fraction of sp³-hybridized carbons (Fsp3) is 0.333. The molecule has 3 rings (SSSR count). The van der Waals surface area contributed by atoms with Crippen molar-refractivity contribution in [2.24, 2.45) is 0 Å². The highest BCUT2D eigenvalue weighted by Gasteiger charge is 2.22. The standard InChI is InChI=1S/C21H25N3O3S2.ClH/c1-14-6-7-15(2)19-18(14)22-21(28-19)24(13-12-23(3)4)20(25)16-8-10-17(11-9-16)29(5,26)27;/h6-11H,12-13H2,1-5H3;1H. The minimum Gasteiger partial charge on any atom is -0.308 e. The number of likely N-dealkylation sites (N-methyl/N-ethyl adjacent to an activating group) is 1. The molecule has 162 valence electrons. The second-order valence-corrected chi connectivity index (χ2v) is 10.4. The minimum absolute atomic E-state index is 0. The average molecular weight is 468 g/mol. The van der Waals surface area contributed by atoms with Crippen LogP contribution in [0.3, 0.4) is 0 Å². The van der Waals surface area contributed by atoms with Gasteiger partial charge in [0.1, 0.15) is 0 Å². The van der Waals surface area contributed by atoms with E-state index in [2.05, 4.69) is 6.07 Å². The molecule has 1 heterocycles. The van der Waals surface area contributed by atoms with E-state index in [0.717, 1.165) is 27.6 Å². The number of anilines is 1. The van der Waals surface area contributed by atoms with Crippen LogP contribution in [-0.4, -0.2) is 57.6 Å². The number of carbonyl (C=O) groups excluding carboxylic acids is 1. The predicted molar refractivity (Wildman–Crippen MR) is 126 cm³/mol. The molecule has 0 bridgehead atoms. The summed E-state index contributed by atoms with van der Waals surface area (Å²) in [5.41, 5.74) is 3.56. The van der Waals surface area contributed by atoms with E-state index in [1.165, 1.54) is 23.5 Å². The molecule has 6 nitrogen and oxygen atoms in total. The van der Waals surface area contributed by atoms with Gasteiger partial charge in [-0.3, -0.25) is 9.69 Å². The number of carbonyl (C=O) groups is 1. The van der Waals surface area contributed by atoms with Crippen molar-refractivity contribution in [2.45, 2.75) is 18.7 Å². The maximum atomic E-state index is 13.3. The molecule has 0 N–H and O–H groups in total. The number of aryl methyl sites for hydroxylation is 2. The molecule has 30 heavy (non-hydrogen) atoms. The van der Waals surface area contributed by atoms with Crippen LogP contribution < -0.4 is 4.90 Å². The van der Waals surface area contributed by atoms with Gasteiger partial charge in [-0.1, -0.05) is 23.5 Å². The van der Waals surface area contributed by atoms with Crippen molar-refractivity contribution in [3.63, 3.8) is 0 Å². The molecule has 0 fully saturated rings. The molecule has 3 aromatic rings. The quantitative estimate of drug-likeness (QED) is 0.549. The third-order valence-electron chi connectivity index (χ3n) is 4.71. The van der Waals surface area contributed by atoms with Crippen LogP contribution in [-0.2, 0) is 9.84 Å². The Morgan fingerprint density at radius 1 is 1.00 bits per heavy atom. The predicted octanol–water partition coefficient (Wildman–Crippen LogP) is 3.95. The Bertz CT molecular complexity index is 1120. The van der Waals surface area contributed by atoms with Gasteiger partial charge < -0.3 is 4.90 Å². The summed E-state index contributed by atoms with van der Waals surface area (Å²) in [4.78, 5) is 21.9. The second kappa shape index (κ2) is 9.43. The van der Waals surface area contributed by atoms with Gasteiger partial charge in [-0.05, 0) is 63.3 Å². The molecule has 0 saturated heterocycles. The van der Waals surface area contributed by atoms with Gasteiger partial charge in [0.05, 0.1) is 15.1 Å². The zero-order chi connectivity index (χ0) is 21.3. The zero-order valence-electron chi connectivity index (χ0n) is 17.7. The third-order valence-corrected chi connectivity index (χ3v) is 7.05. The highest BCUT2D eigenvalue weighted by atomic mass is 35.5. The van der Waals surface area contributed by atoms with Crippen LogP contribution in [0.15, 0.2) is 41.3 Å². The monoisotopic (exact) mass is 467 g/mol. The van der Waals surface area contributed by atoms with Crippen LogP contribution in [0.5, 0.6) is 0 Å². The number of benzene rings is 2. The molecule has 0 aliphatic carbocycles. The Balaban J connectivity index is 0.00000320. The van der Waals surface area contributed by atoms with Gasteiger partial charge in [0.2, 0.25) is 0 Å². The number of nitrogens with zero attached hydrogens (tertiary/aromatic N) is 3. The van der Waals surface area contributed by atoms with E-state index in [4.69, 9.17) is 4.98 Å². The number of hydrogen-bond donors (Lipinski definition) is 0. The summed E-state index contributed by atoms with van der Waals surface area (Å²) in [7, 11) is 0.601. The van der Waals surface area contributed by atoms with E-state index >= 15 is 0 Å². The third kappa shape index (κ3) is 5.18. The Morgan fingerprint density at radius 3 is 2.13 bits per heavy atom. The van der Waals surface area contributed by atoms with Crippen molar-refractivity contribution in [3.05, 3.63) is 53.1 Å². The number of fused-ring (bicyclic) bond motifs is 1. The maximum absolute atomic E-state index is 13.3. The Hall–Kier alpha value is -2.00. The van der Waals surface area contributed by atoms with E-state index in [9.17, 15) is 13.2 Å². The number of rotatable bonds is 6. The van der Waals surface area contributed by atoms with Crippen molar-refractivity contribution in [1.82, 2.24) is 9.88 Å². The van der Waals surface area contributed by atoms with Gasteiger partial charge in [-0.25, -0.2) is 13.4 Å². The molecule has 1 aromatic heterocycles. The number of aromatic nitrogens is 1. The van der Waals surface area contributed by atoms with Gasteiger partial charge in [0.25, 0.3) is 5.91 Å².